The van der Waals surface area contributed by atoms with Crippen LogP contribution in [0, 0.1) is 0 Å². The van der Waals surface area contributed by atoms with Crippen molar-refractivity contribution in [2.75, 3.05) is 13.1 Å². The molecule has 1 heterocycles. The summed E-state index contributed by atoms with van der Waals surface area (Å²) in [6, 6.07) is 7.49. The van der Waals surface area contributed by atoms with E-state index < -0.39 is 0 Å². The molecule has 0 saturated heterocycles. The molecule has 0 unspecified atom stereocenters. The third-order valence-electron chi connectivity index (χ3n) is 3.16. The molecule has 1 N–H and O–H groups in total. The van der Waals surface area contributed by atoms with Crippen LogP contribution in [0.1, 0.15) is 26.2 Å². The fourth-order valence-electron chi connectivity index (χ4n) is 2.10. The van der Waals surface area contributed by atoms with Gasteiger partial charge < -0.3 is 5.32 Å². The van der Waals surface area contributed by atoms with E-state index in [1.54, 1.807) is 10.9 Å². The van der Waals surface area contributed by atoms with Crippen LogP contribution >= 0.6 is 0 Å². The minimum absolute atomic E-state index is 0.0621. The molecule has 0 spiro atoms. The smallest absolute Gasteiger partial charge is 0.261 e. The van der Waals surface area contributed by atoms with E-state index in [9.17, 15) is 4.79 Å². The van der Waals surface area contributed by atoms with Gasteiger partial charge in [-0.2, -0.15) is 0 Å². The number of rotatable bonds is 7. The summed E-state index contributed by atoms with van der Waals surface area (Å²) in [5.74, 6) is 0. The molecule has 4 heteroatoms. The van der Waals surface area contributed by atoms with E-state index in [4.69, 9.17) is 0 Å². The molecule has 0 aliphatic rings. The molecule has 0 saturated carbocycles. The zero-order chi connectivity index (χ0) is 13.5. The second-order valence-electron chi connectivity index (χ2n) is 4.72. The Kier molecular flexibility index (Phi) is 5.10. The van der Waals surface area contributed by atoms with Crippen molar-refractivity contribution in [1.82, 2.24) is 14.9 Å². The van der Waals surface area contributed by atoms with Gasteiger partial charge in [-0.1, -0.05) is 19.1 Å². The number of hydrogen-bond donors (Lipinski definition) is 1. The van der Waals surface area contributed by atoms with Crippen LogP contribution in [-0.4, -0.2) is 22.6 Å². The van der Waals surface area contributed by atoms with Gasteiger partial charge in [0.05, 0.1) is 17.2 Å². The maximum absolute atomic E-state index is 12.2. The molecule has 0 aliphatic carbocycles. The van der Waals surface area contributed by atoms with Crippen molar-refractivity contribution in [2.24, 2.45) is 0 Å². The second-order valence-corrected chi connectivity index (χ2v) is 4.72. The summed E-state index contributed by atoms with van der Waals surface area (Å²) in [6.45, 7) is 4.98. The van der Waals surface area contributed by atoms with Gasteiger partial charge >= 0.3 is 0 Å². The zero-order valence-corrected chi connectivity index (χ0v) is 11.4. The Morgan fingerprint density at radius 2 is 2.05 bits per heavy atom. The van der Waals surface area contributed by atoms with Crippen LogP contribution in [-0.2, 0) is 6.54 Å². The zero-order valence-electron chi connectivity index (χ0n) is 11.4. The SMILES string of the molecule is CCCNCCCCn1cnc2ccccc2c1=O. The van der Waals surface area contributed by atoms with Gasteiger partial charge in [0.2, 0.25) is 0 Å². The van der Waals surface area contributed by atoms with Crippen LogP contribution in [0.2, 0.25) is 0 Å². The molecule has 2 rings (SSSR count). The number of hydrogen-bond acceptors (Lipinski definition) is 3. The summed E-state index contributed by atoms with van der Waals surface area (Å²) in [7, 11) is 0. The first kappa shape index (κ1) is 13.7. The molecule has 0 aliphatic heterocycles. The van der Waals surface area contributed by atoms with Gasteiger partial charge in [-0.3, -0.25) is 9.36 Å². The number of aromatic nitrogens is 2. The molecule has 0 atom stereocenters. The predicted octanol–water partition coefficient (Wildman–Crippen LogP) is 2.18. The maximum atomic E-state index is 12.2. The second kappa shape index (κ2) is 7.04. The number of aryl methyl sites for hydroxylation is 1. The van der Waals surface area contributed by atoms with Crippen molar-refractivity contribution in [2.45, 2.75) is 32.7 Å². The average molecular weight is 259 g/mol. The van der Waals surface area contributed by atoms with Crippen molar-refractivity contribution in [3.8, 4) is 0 Å². The first-order valence-corrected chi connectivity index (χ1v) is 6.98. The lowest BCUT2D eigenvalue weighted by molar-refractivity contribution is 0.556. The third kappa shape index (κ3) is 3.64. The lowest BCUT2D eigenvalue weighted by Crippen LogP contribution is -2.22. The Morgan fingerprint density at radius 1 is 1.21 bits per heavy atom. The number of para-hydroxylation sites is 1. The Labute approximate surface area is 113 Å². The molecule has 0 amide bonds. The lowest BCUT2D eigenvalue weighted by Gasteiger charge is -2.07. The van der Waals surface area contributed by atoms with E-state index in [0.29, 0.717) is 5.39 Å². The van der Waals surface area contributed by atoms with Crippen LogP contribution in [0.25, 0.3) is 10.9 Å². The minimum Gasteiger partial charge on any atom is -0.317 e. The molecule has 0 fully saturated rings. The van der Waals surface area contributed by atoms with Gasteiger partial charge in [-0.15, -0.1) is 0 Å². The number of nitrogens with one attached hydrogen (secondary N) is 1. The minimum atomic E-state index is 0.0621. The molecule has 0 bridgehead atoms. The summed E-state index contributed by atoms with van der Waals surface area (Å²) >= 11 is 0. The van der Waals surface area contributed by atoms with Gasteiger partial charge in [0, 0.05) is 6.54 Å². The average Bonchev–Trinajstić information content (AvgIpc) is 2.45. The van der Waals surface area contributed by atoms with Crippen LogP contribution in [0.5, 0.6) is 0 Å². The highest BCUT2D eigenvalue weighted by atomic mass is 16.1. The monoisotopic (exact) mass is 259 g/mol. The molecule has 102 valence electrons. The van der Waals surface area contributed by atoms with Gasteiger partial charge in [0.15, 0.2) is 0 Å². The van der Waals surface area contributed by atoms with Crippen molar-refractivity contribution >= 4 is 10.9 Å². The standard InChI is InChI=1S/C15H21N3O/c1-2-9-16-10-5-6-11-18-12-17-14-8-4-3-7-13(14)15(18)19/h3-4,7-8,12,16H,2,5-6,9-11H2,1H3. The van der Waals surface area contributed by atoms with Crippen molar-refractivity contribution in [3.05, 3.63) is 40.9 Å². The van der Waals surface area contributed by atoms with Crippen LogP contribution in [0.15, 0.2) is 35.4 Å². The first-order valence-electron chi connectivity index (χ1n) is 6.98. The number of nitrogens with zero attached hydrogens (tertiary/aromatic N) is 2. The Hall–Kier alpha value is -1.68. The van der Waals surface area contributed by atoms with E-state index in [1.165, 1.54) is 0 Å². The highest BCUT2D eigenvalue weighted by Gasteiger charge is 2.02. The normalized spacial score (nSPS) is 11.0. The lowest BCUT2D eigenvalue weighted by atomic mass is 10.2. The molecule has 2 aromatic rings. The summed E-state index contributed by atoms with van der Waals surface area (Å²) < 4.78 is 1.71. The fourth-order valence-corrected chi connectivity index (χ4v) is 2.10. The van der Waals surface area contributed by atoms with Crippen molar-refractivity contribution in [1.29, 1.82) is 0 Å². The van der Waals surface area contributed by atoms with E-state index in [2.05, 4.69) is 17.2 Å². The maximum Gasteiger partial charge on any atom is 0.261 e. The Balaban J connectivity index is 1.94. The highest BCUT2D eigenvalue weighted by molar-refractivity contribution is 5.76. The van der Waals surface area contributed by atoms with Crippen LogP contribution in [0.3, 0.4) is 0 Å². The van der Waals surface area contributed by atoms with Gasteiger partial charge in [0.1, 0.15) is 0 Å². The topological polar surface area (TPSA) is 46.9 Å². The molecule has 19 heavy (non-hydrogen) atoms. The quantitative estimate of drug-likeness (QED) is 0.775. The van der Waals surface area contributed by atoms with E-state index >= 15 is 0 Å². The molecule has 4 nitrogen and oxygen atoms in total. The predicted molar refractivity (Wildman–Crippen MR) is 78.4 cm³/mol. The number of unbranched alkanes of at least 4 members (excludes halogenated alkanes) is 1. The Morgan fingerprint density at radius 3 is 2.89 bits per heavy atom. The molecule has 1 aromatic heterocycles. The summed E-state index contributed by atoms with van der Waals surface area (Å²) in [5.41, 5.74) is 0.834. The van der Waals surface area contributed by atoms with Crippen molar-refractivity contribution < 1.29 is 0 Å². The number of fused-ring (bicyclic) bond motifs is 1. The molecular weight excluding hydrogens is 238 g/mol. The van der Waals surface area contributed by atoms with Crippen molar-refractivity contribution in [3.63, 3.8) is 0 Å². The largest absolute Gasteiger partial charge is 0.317 e. The van der Waals surface area contributed by atoms with E-state index in [-0.39, 0.29) is 5.56 Å². The summed E-state index contributed by atoms with van der Waals surface area (Å²) in [4.78, 5) is 16.5. The summed E-state index contributed by atoms with van der Waals surface area (Å²) in [5, 5.41) is 4.07. The van der Waals surface area contributed by atoms with Gasteiger partial charge in [-0.05, 0) is 44.5 Å². The third-order valence-corrected chi connectivity index (χ3v) is 3.16. The molecule has 1 aromatic carbocycles. The van der Waals surface area contributed by atoms with Crippen LogP contribution < -0.4 is 10.9 Å². The van der Waals surface area contributed by atoms with E-state index in [0.717, 1.165) is 44.4 Å². The van der Waals surface area contributed by atoms with E-state index in [1.807, 2.05) is 24.3 Å². The Bertz CT molecular complexity index is 577. The van der Waals surface area contributed by atoms with Gasteiger partial charge in [-0.25, -0.2) is 4.98 Å². The van der Waals surface area contributed by atoms with Crippen LogP contribution in [0.4, 0.5) is 0 Å². The molecule has 0 radical (unpaired) electrons. The first-order chi connectivity index (χ1) is 9.33. The molecular formula is C15H21N3O. The number of benzene rings is 1. The fraction of sp³-hybridized carbons (Fsp3) is 0.467. The van der Waals surface area contributed by atoms with Gasteiger partial charge in [0.25, 0.3) is 5.56 Å². The highest BCUT2D eigenvalue weighted by Crippen LogP contribution is 2.05. The summed E-state index contributed by atoms with van der Waals surface area (Å²) in [6.07, 6.45) is 4.90.